The van der Waals surface area contributed by atoms with Gasteiger partial charge in [-0.1, -0.05) is 23.5 Å². The maximum absolute atomic E-state index is 13.6. The number of fused-ring (bicyclic) bond motifs is 3. The number of hydrogen-bond donors (Lipinski definition) is 1. The number of hydrogen-bond acceptors (Lipinski definition) is 6. The van der Waals surface area contributed by atoms with Gasteiger partial charge in [0.2, 0.25) is 0 Å². The van der Waals surface area contributed by atoms with E-state index in [0.29, 0.717) is 5.69 Å². The van der Waals surface area contributed by atoms with E-state index in [0.717, 1.165) is 15.1 Å². The van der Waals surface area contributed by atoms with Gasteiger partial charge < -0.3 is 5.32 Å². The van der Waals surface area contributed by atoms with E-state index in [-0.39, 0.29) is 33.2 Å². The van der Waals surface area contributed by atoms with Crippen LogP contribution in [-0.2, 0) is 13.2 Å². The van der Waals surface area contributed by atoms with Crippen molar-refractivity contribution in [3.63, 3.8) is 0 Å². The summed E-state index contributed by atoms with van der Waals surface area (Å²) in [6, 6.07) is 6.40. The summed E-state index contributed by atoms with van der Waals surface area (Å²) in [6.07, 6.45) is -3.32. The number of halogens is 3. The molecule has 0 amide bonds. The van der Waals surface area contributed by atoms with E-state index < -0.39 is 22.8 Å². The highest BCUT2D eigenvalue weighted by Gasteiger charge is 2.35. The van der Waals surface area contributed by atoms with Crippen molar-refractivity contribution >= 4 is 45.2 Å². The number of anilines is 1. The molecule has 0 radical (unpaired) electrons. The number of alkyl halides is 3. The number of carbonyl (C=O) groups excluding carboxylic acids is 1. The number of thiocarbonyl (C=S) groups is 1. The first-order valence-electron chi connectivity index (χ1n) is 8.82. The molecule has 0 bridgehead atoms. The van der Waals surface area contributed by atoms with Gasteiger partial charge in [0.1, 0.15) is 10.7 Å². The quantitative estimate of drug-likeness (QED) is 0.382. The molecular weight excluding hydrogens is 433 g/mol. The van der Waals surface area contributed by atoms with E-state index in [1.54, 1.807) is 6.07 Å². The van der Waals surface area contributed by atoms with Crippen molar-refractivity contribution in [3.05, 3.63) is 63.8 Å². The Morgan fingerprint density at radius 1 is 1.19 bits per heavy atom. The van der Waals surface area contributed by atoms with Crippen LogP contribution in [0.3, 0.4) is 0 Å². The minimum absolute atomic E-state index is 0.0000142. The topological polar surface area (TPSA) is 94.2 Å². The van der Waals surface area contributed by atoms with Crippen LogP contribution in [-0.4, -0.2) is 35.2 Å². The van der Waals surface area contributed by atoms with Gasteiger partial charge in [-0.05, 0) is 24.3 Å². The number of ketones is 1. The number of Topliss-reactive ketones (excluding diaryl/α,β-unsaturated/α-hetero) is 1. The first-order valence-corrected chi connectivity index (χ1v) is 9.23. The fourth-order valence-corrected chi connectivity index (χ4v) is 3.44. The second-order valence-corrected chi connectivity index (χ2v) is 7.09. The molecule has 0 saturated heterocycles. The van der Waals surface area contributed by atoms with Crippen LogP contribution < -0.4 is 10.9 Å². The molecule has 4 aromatic rings. The Kier molecular flexibility index (Phi) is 4.81. The lowest BCUT2D eigenvalue weighted by Crippen LogP contribution is -2.23. The molecule has 12 heteroatoms. The van der Waals surface area contributed by atoms with Crippen molar-refractivity contribution in [3.8, 4) is 0 Å². The van der Waals surface area contributed by atoms with Gasteiger partial charge in [0.25, 0.3) is 5.56 Å². The summed E-state index contributed by atoms with van der Waals surface area (Å²) in [5.74, 6) is -0.208. The van der Waals surface area contributed by atoms with Gasteiger partial charge in [0, 0.05) is 14.0 Å². The van der Waals surface area contributed by atoms with E-state index in [1.807, 2.05) is 0 Å². The zero-order chi connectivity index (χ0) is 22.5. The lowest BCUT2D eigenvalue weighted by Gasteiger charge is -2.13. The molecule has 1 N–H and O–H groups in total. The van der Waals surface area contributed by atoms with E-state index in [1.165, 1.54) is 38.4 Å². The molecule has 0 spiro atoms. The number of aromatic nitrogens is 5. The molecule has 0 aliphatic rings. The average molecular weight is 446 g/mol. The van der Waals surface area contributed by atoms with Crippen LogP contribution in [0.5, 0.6) is 0 Å². The molecule has 4 rings (SSSR count). The van der Waals surface area contributed by atoms with Crippen molar-refractivity contribution in [2.75, 3.05) is 5.32 Å². The Hall–Kier alpha value is -3.67. The van der Waals surface area contributed by atoms with Crippen molar-refractivity contribution in [1.82, 2.24) is 24.4 Å². The van der Waals surface area contributed by atoms with Gasteiger partial charge >= 0.3 is 6.18 Å². The predicted octanol–water partition coefficient (Wildman–Crippen LogP) is 2.99. The monoisotopic (exact) mass is 446 g/mol. The molecule has 0 atom stereocenters. The number of nitrogens with zero attached hydrogens (tertiary/aromatic N) is 5. The van der Waals surface area contributed by atoms with Gasteiger partial charge in [-0.25, -0.2) is 0 Å². The standard InChI is InChI=1S/C19H13F3N6O2S/c1-9(29)13-7-6-10(8-23-13)24-16(31)14-17-27(2)18(30)11-4-3-5-12(19(20,21)22)15(11)28(17)26-25-14/h3-8H,1-2H3,(H,24,31). The van der Waals surface area contributed by atoms with Crippen molar-refractivity contribution < 1.29 is 18.0 Å². The summed E-state index contributed by atoms with van der Waals surface area (Å²) in [5.41, 5.74) is -1.34. The lowest BCUT2D eigenvalue weighted by atomic mass is 10.1. The van der Waals surface area contributed by atoms with Crippen LogP contribution in [0.15, 0.2) is 41.3 Å². The molecule has 0 saturated carbocycles. The summed E-state index contributed by atoms with van der Waals surface area (Å²) in [4.78, 5) is 28.1. The summed E-state index contributed by atoms with van der Waals surface area (Å²) in [6.45, 7) is 1.38. The summed E-state index contributed by atoms with van der Waals surface area (Å²) in [7, 11) is 1.40. The SMILES string of the molecule is CC(=O)c1ccc(NC(=S)c2nnn3c4c(C(F)(F)F)cccc4c(=O)n(C)c23)cn1. The molecule has 0 unspecified atom stereocenters. The van der Waals surface area contributed by atoms with Gasteiger partial charge in [0.05, 0.1) is 28.4 Å². The fraction of sp³-hybridized carbons (Fsp3) is 0.158. The molecule has 158 valence electrons. The summed E-state index contributed by atoms with van der Waals surface area (Å²) in [5, 5.41) is 10.5. The van der Waals surface area contributed by atoms with Crippen LogP contribution in [0, 0.1) is 0 Å². The first kappa shape index (κ1) is 20.6. The van der Waals surface area contributed by atoms with Crippen LogP contribution in [0.2, 0.25) is 0 Å². The van der Waals surface area contributed by atoms with Crippen LogP contribution in [0.25, 0.3) is 16.6 Å². The Labute approximate surface area is 177 Å². The number of benzene rings is 1. The zero-order valence-electron chi connectivity index (χ0n) is 16.1. The van der Waals surface area contributed by atoms with Gasteiger partial charge in [-0.15, -0.1) is 5.10 Å². The maximum Gasteiger partial charge on any atom is 0.418 e. The molecule has 0 aliphatic heterocycles. The molecule has 0 fully saturated rings. The number of para-hydroxylation sites is 1. The lowest BCUT2D eigenvalue weighted by molar-refractivity contribution is -0.136. The normalized spacial score (nSPS) is 11.8. The van der Waals surface area contributed by atoms with E-state index in [4.69, 9.17) is 12.2 Å². The van der Waals surface area contributed by atoms with Gasteiger partial charge in [0.15, 0.2) is 17.1 Å². The Balaban J connectivity index is 1.87. The first-order chi connectivity index (χ1) is 14.6. The third-order valence-electron chi connectivity index (χ3n) is 4.65. The highest BCUT2D eigenvalue weighted by molar-refractivity contribution is 7.81. The summed E-state index contributed by atoms with van der Waals surface area (Å²) < 4.78 is 42.8. The second kappa shape index (κ2) is 7.23. The van der Waals surface area contributed by atoms with E-state index >= 15 is 0 Å². The average Bonchev–Trinajstić information content (AvgIpc) is 3.16. The van der Waals surface area contributed by atoms with Gasteiger partial charge in [-0.2, -0.15) is 17.7 Å². The number of nitrogens with one attached hydrogen (secondary N) is 1. The molecule has 3 heterocycles. The van der Waals surface area contributed by atoms with Crippen molar-refractivity contribution in [2.24, 2.45) is 7.05 Å². The zero-order valence-corrected chi connectivity index (χ0v) is 16.9. The molecular formula is C19H13F3N6O2S. The number of aryl methyl sites for hydroxylation is 1. The van der Waals surface area contributed by atoms with Crippen LogP contribution >= 0.6 is 12.2 Å². The van der Waals surface area contributed by atoms with E-state index in [2.05, 4.69) is 20.6 Å². The van der Waals surface area contributed by atoms with Crippen LogP contribution in [0.1, 0.15) is 28.7 Å². The Morgan fingerprint density at radius 3 is 2.55 bits per heavy atom. The number of rotatable bonds is 3. The van der Waals surface area contributed by atoms with Crippen molar-refractivity contribution in [1.29, 1.82) is 0 Å². The number of carbonyl (C=O) groups is 1. The van der Waals surface area contributed by atoms with Crippen LogP contribution in [0.4, 0.5) is 18.9 Å². The molecule has 8 nitrogen and oxygen atoms in total. The minimum atomic E-state index is -4.70. The maximum atomic E-state index is 13.6. The largest absolute Gasteiger partial charge is 0.418 e. The molecule has 1 aromatic carbocycles. The highest BCUT2D eigenvalue weighted by atomic mass is 32.1. The molecule has 3 aromatic heterocycles. The fourth-order valence-electron chi connectivity index (χ4n) is 3.19. The van der Waals surface area contributed by atoms with E-state index in [9.17, 15) is 22.8 Å². The third kappa shape index (κ3) is 3.44. The Bertz CT molecular complexity index is 1420. The minimum Gasteiger partial charge on any atom is -0.343 e. The number of pyridine rings is 1. The predicted molar refractivity (Wildman–Crippen MR) is 110 cm³/mol. The third-order valence-corrected chi connectivity index (χ3v) is 4.95. The van der Waals surface area contributed by atoms with Crippen molar-refractivity contribution in [2.45, 2.75) is 13.1 Å². The van der Waals surface area contributed by atoms with Gasteiger partial charge in [-0.3, -0.25) is 19.1 Å². The second-order valence-electron chi connectivity index (χ2n) is 6.68. The highest BCUT2D eigenvalue weighted by Crippen LogP contribution is 2.34. The summed E-state index contributed by atoms with van der Waals surface area (Å²) >= 11 is 5.34. The molecule has 31 heavy (non-hydrogen) atoms. The Morgan fingerprint density at radius 2 is 1.94 bits per heavy atom. The molecule has 0 aliphatic carbocycles. The smallest absolute Gasteiger partial charge is 0.343 e.